The number of halogens is 4. The van der Waals surface area contributed by atoms with Crippen LogP contribution in [0.25, 0.3) is 28.2 Å². The van der Waals surface area contributed by atoms with Gasteiger partial charge in [0.1, 0.15) is 28.2 Å². The molecule has 0 radical (unpaired) electrons. The van der Waals surface area contributed by atoms with E-state index >= 15 is 0 Å². The van der Waals surface area contributed by atoms with Gasteiger partial charge in [0.25, 0.3) is 5.56 Å². The summed E-state index contributed by atoms with van der Waals surface area (Å²) in [5.41, 5.74) is 1.36. The van der Waals surface area contributed by atoms with Crippen molar-refractivity contribution in [3.05, 3.63) is 122 Å². The molecule has 5 rings (SSSR count). The average molecular weight is 581 g/mol. The van der Waals surface area contributed by atoms with Crippen LogP contribution < -0.4 is 10.9 Å². The minimum Gasteiger partial charge on any atom is -0.507 e. The summed E-state index contributed by atoms with van der Waals surface area (Å²) in [5, 5.41) is 13.4. The molecule has 0 aliphatic carbocycles. The Bertz CT molecular complexity index is 1820. The van der Waals surface area contributed by atoms with E-state index in [9.17, 15) is 23.5 Å². The number of aromatic hydroxyl groups is 1. The molecule has 40 heavy (non-hydrogen) atoms. The van der Waals surface area contributed by atoms with Crippen LogP contribution in [0.3, 0.4) is 0 Å². The largest absolute Gasteiger partial charge is 0.507 e. The maximum Gasteiger partial charge on any atom is 0.252 e. The molecule has 0 bridgehead atoms. The number of H-pyrrole nitrogens is 2. The molecule has 202 valence electrons. The van der Waals surface area contributed by atoms with Gasteiger partial charge in [-0.15, -0.1) is 0 Å². The Kier molecular flexibility index (Phi) is 7.68. The maximum atomic E-state index is 14.3. The smallest absolute Gasteiger partial charge is 0.252 e. The van der Waals surface area contributed by atoms with Crippen molar-refractivity contribution in [2.24, 2.45) is 0 Å². The Labute approximate surface area is 236 Å². The Balaban J connectivity index is 1.47. The third kappa shape index (κ3) is 5.75. The SMILES string of the molecule is O=C(C=Cc1c(F)ccc(Cl)c1F)NC(Cc1ccccc1)c1nc(-c2ccc3[nH]c(=O)cc(O)c3c2)c(Cl)[nH]1. The summed E-state index contributed by atoms with van der Waals surface area (Å²) in [6.45, 7) is 0. The van der Waals surface area contributed by atoms with Crippen molar-refractivity contribution < 1.29 is 18.7 Å². The van der Waals surface area contributed by atoms with E-state index in [0.717, 1.165) is 35.9 Å². The maximum absolute atomic E-state index is 14.3. The number of rotatable bonds is 7. The van der Waals surface area contributed by atoms with Crippen LogP contribution in [0.1, 0.15) is 23.0 Å². The summed E-state index contributed by atoms with van der Waals surface area (Å²) < 4.78 is 28.4. The molecule has 0 aliphatic rings. The van der Waals surface area contributed by atoms with Crippen LogP contribution >= 0.6 is 23.2 Å². The number of nitrogens with one attached hydrogen (secondary N) is 3. The van der Waals surface area contributed by atoms with Crippen molar-refractivity contribution in [2.75, 3.05) is 0 Å². The van der Waals surface area contributed by atoms with Crippen molar-refractivity contribution >= 4 is 46.1 Å². The molecule has 1 unspecified atom stereocenters. The number of fused-ring (bicyclic) bond motifs is 1. The zero-order valence-corrected chi connectivity index (χ0v) is 22.0. The number of hydrogen-bond donors (Lipinski definition) is 4. The molecule has 4 N–H and O–H groups in total. The molecular weight excluding hydrogens is 561 g/mol. The lowest BCUT2D eigenvalue weighted by Crippen LogP contribution is -2.29. The third-order valence-corrected chi connectivity index (χ3v) is 6.75. The van der Waals surface area contributed by atoms with Gasteiger partial charge in [0, 0.05) is 28.7 Å². The number of carbonyl (C=O) groups is 1. The van der Waals surface area contributed by atoms with E-state index in [4.69, 9.17) is 23.2 Å². The molecule has 1 atom stereocenters. The topological polar surface area (TPSA) is 111 Å². The molecule has 0 fully saturated rings. The zero-order chi connectivity index (χ0) is 28.4. The van der Waals surface area contributed by atoms with E-state index < -0.39 is 34.7 Å². The lowest BCUT2D eigenvalue weighted by Gasteiger charge is -2.16. The lowest BCUT2D eigenvalue weighted by atomic mass is 10.1. The molecular formula is C29H20Cl2F2N4O3. The molecule has 2 aromatic heterocycles. The second-order valence-electron chi connectivity index (χ2n) is 8.90. The fourth-order valence-electron chi connectivity index (χ4n) is 4.25. The van der Waals surface area contributed by atoms with Crippen molar-refractivity contribution in [1.82, 2.24) is 20.3 Å². The van der Waals surface area contributed by atoms with Crippen LogP contribution in [0, 0.1) is 11.6 Å². The monoisotopic (exact) mass is 580 g/mol. The van der Waals surface area contributed by atoms with Crippen molar-refractivity contribution in [1.29, 1.82) is 0 Å². The minimum atomic E-state index is -0.973. The molecule has 0 saturated carbocycles. The molecule has 2 heterocycles. The number of aromatic amines is 2. The second kappa shape index (κ2) is 11.3. The Hall–Kier alpha value is -4.47. The van der Waals surface area contributed by atoms with Crippen LogP contribution in [-0.2, 0) is 11.2 Å². The molecule has 0 saturated heterocycles. The Morgan fingerprint density at radius 1 is 1.05 bits per heavy atom. The number of amides is 1. The zero-order valence-electron chi connectivity index (χ0n) is 20.5. The van der Waals surface area contributed by atoms with E-state index in [2.05, 4.69) is 20.3 Å². The molecule has 7 nitrogen and oxygen atoms in total. The summed E-state index contributed by atoms with van der Waals surface area (Å²) in [7, 11) is 0. The van der Waals surface area contributed by atoms with E-state index in [1.165, 1.54) is 0 Å². The molecule has 11 heteroatoms. The van der Waals surface area contributed by atoms with Crippen LogP contribution in [0.4, 0.5) is 8.78 Å². The van der Waals surface area contributed by atoms with Crippen molar-refractivity contribution in [3.8, 4) is 17.0 Å². The molecule has 1 amide bonds. The fraction of sp³-hybridized carbons (Fsp3) is 0.0690. The van der Waals surface area contributed by atoms with Crippen LogP contribution in [-0.4, -0.2) is 26.0 Å². The first kappa shape index (κ1) is 27.1. The molecule has 0 aliphatic heterocycles. The van der Waals surface area contributed by atoms with Crippen LogP contribution in [0.2, 0.25) is 10.2 Å². The number of aromatic nitrogens is 3. The highest BCUT2D eigenvalue weighted by Gasteiger charge is 2.22. The fourth-order valence-corrected chi connectivity index (χ4v) is 4.66. The van der Waals surface area contributed by atoms with Gasteiger partial charge < -0.3 is 20.4 Å². The van der Waals surface area contributed by atoms with Gasteiger partial charge >= 0.3 is 0 Å². The molecule has 5 aromatic rings. The highest BCUT2D eigenvalue weighted by molar-refractivity contribution is 6.32. The van der Waals surface area contributed by atoms with E-state index in [-0.39, 0.29) is 15.9 Å². The predicted octanol–water partition coefficient (Wildman–Crippen LogP) is 6.32. The standard InChI is InChI=1S/C29H20Cl2F2N4O3/c30-19-8-9-20(32)17(26(19)33)7-11-24(39)35-22(12-15-4-2-1-3-5-15)29-36-27(28(31)37-29)16-6-10-21-18(13-16)23(38)14-25(40)34-21/h1-11,13-14,22H,12H2,(H,35,39)(H,36,37)(H2,34,38,40). The van der Waals surface area contributed by atoms with Crippen molar-refractivity contribution in [2.45, 2.75) is 12.5 Å². The number of pyridine rings is 1. The van der Waals surface area contributed by atoms with E-state index in [1.54, 1.807) is 18.2 Å². The average Bonchev–Trinajstić information content (AvgIpc) is 3.32. The van der Waals surface area contributed by atoms with Gasteiger partial charge in [-0.3, -0.25) is 9.59 Å². The quantitative estimate of drug-likeness (QED) is 0.133. The second-order valence-corrected chi connectivity index (χ2v) is 9.69. The summed E-state index contributed by atoms with van der Waals surface area (Å²) in [6, 6.07) is 16.7. The molecule has 0 spiro atoms. The first-order valence-electron chi connectivity index (χ1n) is 12.0. The van der Waals surface area contributed by atoms with E-state index in [1.807, 2.05) is 30.3 Å². The highest BCUT2D eigenvalue weighted by atomic mass is 35.5. The van der Waals surface area contributed by atoms with Crippen LogP contribution in [0.5, 0.6) is 5.75 Å². The number of hydrogen-bond acceptors (Lipinski definition) is 4. The van der Waals surface area contributed by atoms with Gasteiger partial charge in [-0.05, 0) is 42.3 Å². The van der Waals surface area contributed by atoms with Gasteiger partial charge in [-0.1, -0.05) is 59.6 Å². The number of carbonyl (C=O) groups excluding carboxylic acids is 1. The number of imidazole rings is 1. The van der Waals surface area contributed by atoms with Gasteiger partial charge in [0.05, 0.1) is 16.6 Å². The Morgan fingerprint density at radius 3 is 2.60 bits per heavy atom. The summed E-state index contributed by atoms with van der Waals surface area (Å²) in [5.74, 6) is -2.33. The van der Waals surface area contributed by atoms with Gasteiger partial charge in [-0.2, -0.15) is 0 Å². The lowest BCUT2D eigenvalue weighted by molar-refractivity contribution is -0.117. The van der Waals surface area contributed by atoms with Crippen LogP contribution in [0.15, 0.2) is 77.6 Å². The first-order valence-corrected chi connectivity index (χ1v) is 12.7. The molecule has 3 aromatic carbocycles. The summed E-state index contributed by atoms with van der Waals surface area (Å²) in [6.07, 6.45) is 2.34. The van der Waals surface area contributed by atoms with Gasteiger partial charge in [-0.25, -0.2) is 13.8 Å². The minimum absolute atomic E-state index is 0.184. The van der Waals surface area contributed by atoms with Crippen molar-refractivity contribution in [3.63, 3.8) is 0 Å². The van der Waals surface area contributed by atoms with Gasteiger partial charge in [0.15, 0.2) is 5.82 Å². The van der Waals surface area contributed by atoms with Gasteiger partial charge in [0.2, 0.25) is 5.91 Å². The third-order valence-electron chi connectivity index (χ3n) is 6.18. The predicted molar refractivity (Wildman–Crippen MR) is 150 cm³/mol. The summed E-state index contributed by atoms with van der Waals surface area (Å²) in [4.78, 5) is 34.8. The van der Waals surface area contributed by atoms with E-state index in [0.29, 0.717) is 34.4 Å². The summed E-state index contributed by atoms with van der Waals surface area (Å²) >= 11 is 12.2. The highest BCUT2D eigenvalue weighted by Crippen LogP contribution is 2.32. The number of benzene rings is 3. The first-order chi connectivity index (χ1) is 19.2. The Morgan fingerprint density at radius 2 is 1.82 bits per heavy atom. The number of nitrogens with zero attached hydrogens (tertiary/aromatic N) is 1. The normalized spacial score (nSPS) is 12.2.